The quantitative estimate of drug-likeness (QED) is 0.455. The van der Waals surface area contributed by atoms with Gasteiger partial charge >= 0.3 is 5.69 Å². The van der Waals surface area contributed by atoms with Gasteiger partial charge in [0.1, 0.15) is 5.82 Å². The second-order valence-electron chi connectivity index (χ2n) is 4.28. The number of likely N-dealkylation sites (N-methyl/N-ethyl adjacent to an activating group) is 1. The minimum absolute atomic E-state index is 0.0959. The van der Waals surface area contributed by atoms with Crippen LogP contribution in [0.4, 0.5) is 11.5 Å². The molecule has 1 saturated heterocycles. The Morgan fingerprint density at radius 2 is 1.89 bits per heavy atom. The molecule has 0 unspecified atom stereocenters. The van der Waals surface area contributed by atoms with Crippen molar-refractivity contribution in [2.75, 3.05) is 38.1 Å². The average molecular weight is 272 g/mol. The highest BCUT2D eigenvalue weighted by Gasteiger charge is 2.28. The lowest BCUT2D eigenvalue weighted by atomic mass is 10.3. The van der Waals surface area contributed by atoms with Gasteiger partial charge in [0.25, 0.3) is 0 Å². The maximum atomic E-state index is 11.1. The zero-order valence-corrected chi connectivity index (χ0v) is 11.0. The molecule has 98 valence electrons. The van der Waals surface area contributed by atoms with E-state index >= 15 is 0 Å². The molecule has 18 heavy (non-hydrogen) atoms. The van der Waals surface area contributed by atoms with Gasteiger partial charge in [-0.1, -0.05) is 11.6 Å². The third-order valence-electron chi connectivity index (χ3n) is 2.92. The van der Waals surface area contributed by atoms with Gasteiger partial charge in [-0.25, -0.2) is 9.97 Å². The Bertz CT molecular complexity index is 474. The van der Waals surface area contributed by atoms with Gasteiger partial charge in [-0.15, -0.1) is 0 Å². The van der Waals surface area contributed by atoms with Crippen LogP contribution in [0.2, 0.25) is 5.15 Å². The average Bonchev–Trinajstić information content (AvgIpc) is 2.28. The number of halogens is 1. The minimum atomic E-state index is -0.518. The maximum Gasteiger partial charge on any atom is 0.348 e. The monoisotopic (exact) mass is 271 g/mol. The molecule has 2 rings (SSSR count). The second-order valence-corrected chi connectivity index (χ2v) is 4.64. The third kappa shape index (κ3) is 2.51. The third-order valence-corrected chi connectivity index (χ3v) is 3.18. The fraction of sp³-hybridized carbons (Fsp3) is 0.600. The lowest BCUT2D eigenvalue weighted by Gasteiger charge is -2.32. The zero-order valence-electron chi connectivity index (χ0n) is 10.3. The molecule has 0 aliphatic carbocycles. The molecular weight excluding hydrogens is 258 g/mol. The van der Waals surface area contributed by atoms with E-state index in [0.29, 0.717) is 24.7 Å². The fourth-order valence-electron chi connectivity index (χ4n) is 1.91. The first-order valence-electron chi connectivity index (χ1n) is 5.61. The lowest BCUT2D eigenvalue weighted by Crippen LogP contribution is -2.45. The van der Waals surface area contributed by atoms with Gasteiger partial charge in [0.05, 0.1) is 4.92 Å². The summed E-state index contributed by atoms with van der Waals surface area (Å²) in [6, 6.07) is 0. The number of hydrogen-bond donors (Lipinski definition) is 0. The first-order chi connectivity index (χ1) is 8.49. The first-order valence-corrected chi connectivity index (χ1v) is 5.99. The summed E-state index contributed by atoms with van der Waals surface area (Å²) in [5.74, 6) is 0.769. The van der Waals surface area contributed by atoms with E-state index in [1.54, 1.807) is 6.92 Å². The molecule has 1 aliphatic heterocycles. The van der Waals surface area contributed by atoms with Crippen molar-refractivity contribution in [2.24, 2.45) is 0 Å². The van der Waals surface area contributed by atoms with Crippen LogP contribution in [0.5, 0.6) is 0 Å². The number of piperazine rings is 1. The maximum absolute atomic E-state index is 11.1. The smallest absolute Gasteiger partial charge is 0.348 e. The molecule has 7 nitrogen and oxygen atoms in total. The molecule has 0 atom stereocenters. The van der Waals surface area contributed by atoms with Crippen LogP contribution in [0.15, 0.2) is 0 Å². The number of nitro groups is 1. The Kier molecular flexibility index (Phi) is 3.63. The van der Waals surface area contributed by atoms with E-state index in [4.69, 9.17) is 11.6 Å². The summed E-state index contributed by atoms with van der Waals surface area (Å²) in [5.41, 5.74) is -0.202. The molecule has 0 amide bonds. The van der Waals surface area contributed by atoms with E-state index < -0.39 is 4.92 Å². The topological polar surface area (TPSA) is 75.4 Å². The van der Waals surface area contributed by atoms with Crippen LogP contribution in [0.25, 0.3) is 0 Å². The predicted octanol–water partition coefficient (Wildman–Crippen LogP) is 1.10. The van der Waals surface area contributed by atoms with Gasteiger partial charge in [-0.05, 0) is 14.0 Å². The molecule has 1 aliphatic rings. The fourth-order valence-corrected chi connectivity index (χ4v) is 2.19. The van der Waals surface area contributed by atoms with Crippen molar-refractivity contribution in [3.8, 4) is 0 Å². The van der Waals surface area contributed by atoms with Gasteiger partial charge in [-0.2, -0.15) is 0 Å². The first kappa shape index (κ1) is 13.0. The normalized spacial score (nSPS) is 16.9. The van der Waals surface area contributed by atoms with E-state index in [9.17, 15) is 10.1 Å². The highest BCUT2D eigenvalue weighted by molar-refractivity contribution is 6.31. The van der Waals surface area contributed by atoms with Crippen molar-refractivity contribution < 1.29 is 4.92 Å². The van der Waals surface area contributed by atoms with Crippen LogP contribution in [0, 0.1) is 17.0 Å². The summed E-state index contributed by atoms with van der Waals surface area (Å²) >= 11 is 5.85. The number of nitrogens with zero attached hydrogens (tertiary/aromatic N) is 5. The second kappa shape index (κ2) is 5.03. The van der Waals surface area contributed by atoms with Gasteiger partial charge in [0.2, 0.25) is 11.0 Å². The van der Waals surface area contributed by atoms with Gasteiger partial charge in [-0.3, -0.25) is 10.1 Å². The Balaban J connectivity index is 2.39. The Morgan fingerprint density at radius 3 is 2.44 bits per heavy atom. The Labute approximate surface area is 110 Å². The number of anilines is 1. The molecule has 1 fully saturated rings. The highest BCUT2D eigenvalue weighted by Crippen LogP contribution is 2.32. The molecule has 0 bridgehead atoms. The van der Waals surface area contributed by atoms with E-state index in [1.165, 1.54) is 0 Å². The Hall–Kier alpha value is -1.47. The summed E-state index contributed by atoms with van der Waals surface area (Å²) < 4.78 is 0. The highest BCUT2D eigenvalue weighted by atomic mass is 35.5. The van der Waals surface area contributed by atoms with E-state index in [1.807, 2.05) is 11.9 Å². The standard InChI is InChI=1S/C10H14ClN5O2/c1-7-12-9(11)8(16(17)18)10(13-7)15-5-3-14(2)4-6-15/h3-6H2,1-2H3. The number of aromatic nitrogens is 2. The number of aryl methyl sites for hydroxylation is 1. The van der Waals surface area contributed by atoms with Crippen LogP contribution in [0.3, 0.4) is 0 Å². The summed E-state index contributed by atoms with van der Waals surface area (Å²) in [5, 5.41) is 11.0. The molecule has 0 N–H and O–H groups in total. The van der Waals surface area contributed by atoms with Crippen molar-refractivity contribution in [1.82, 2.24) is 14.9 Å². The molecule has 2 heterocycles. The van der Waals surface area contributed by atoms with E-state index in [0.717, 1.165) is 13.1 Å². The van der Waals surface area contributed by atoms with Crippen LogP contribution in [-0.4, -0.2) is 53.0 Å². The summed E-state index contributed by atoms with van der Waals surface area (Å²) in [4.78, 5) is 22.6. The van der Waals surface area contributed by atoms with Crippen molar-refractivity contribution in [3.63, 3.8) is 0 Å². The van der Waals surface area contributed by atoms with Crippen molar-refractivity contribution in [3.05, 3.63) is 21.1 Å². The SMILES string of the molecule is Cc1nc(Cl)c([N+](=O)[O-])c(N2CCN(C)CC2)n1. The molecule has 1 aromatic rings. The largest absolute Gasteiger partial charge is 0.348 e. The van der Waals surface area contributed by atoms with Crippen LogP contribution in [-0.2, 0) is 0 Å². The van der Waals surface area contributed by atoms with E-state index in [-0.39, 0.29) is 10.8 Å². The van der Waals surface area contributed by atoms with Gasteiger partial charge in [0, 0.05) is 26.2 Å². The predicted molar refractivity (Wildman–Crippen MR) is 68.1 cm³/mol. The summed E-state index contributed by atoms with van der Waals surface area (Å²) in [6.45, 7) is 4.76. The molecule has 0 aromatic carbocycles. The van der Waals surface area contributed by atoms with Gasteiger partial charge < -0.3 is 9.80 Å². The van der Waals surface area contributed by atoms with Crippen molar-refractivity contribution in [1.29, 1.82) is 0 Å². The minimum Gasteiger partial charge on any atom is -0.348 e. The molecule has 0 saturated carbocycles. The Morgan fingerprint density at radius 1 is 1.28 bits per heavy atom. The molecule has 8 heteroatoms. The molecule has 0 radical (unpaired) electrons. The summed E-state index contributed by atoms with van der Waals surface area (Å²) in [7, 11) is 2.02. The number of rotatable bonds is 2. The molecular formula is C10H14ClN5O2. The van der Waals surface area contributed by atoms with Crippen LogP contribution >= 0.6 is 11.6 Å². The van der Waals surface area contributed by atoms with Crippen molar-refractivity contribution in [2.45, 2.75) is 6.92 Å². The van der Waals surface area contributed by atoms with Crippen LogP contribution in [0.1, 0.15) is 5.82 Å². The molecule has 0 spiro atoms. The van der Waals surface area contributed by atoms with Crippen molar-refractivity contribution >= 4 is 23.1 Å². The van der Waals surface area contributed by atoms with Gasteiger partial charge in [0.15, 0.2) is 0 Å². The summed E-state index contributed by atoms with van der Waals surface area (Å²) in [6.07, 6.45) is 0. The lowest BCUT2D eigenvalue weighted by molar-refractivity contribution is -0.384. The number of hydrogen-bond acceptors (Lipinski definition) is 6. The molecule has 1 aromatic heterocycles. The zero-order chi connectivity index (χ0) is 13.3. The van der Waals surface area contributed by atoms with E-state index in [2.05, 4.69) is 14.9 Å². The van der Waals surface area contributed by atoms with Crippen LogP contribution < -0.4 is 4.90 Å².